The lowest BCUT2D eigenvalue weighted by molar-refractivity contribution is 0.228. The summed E-state index contributed by atoms with van der Waals surface area (Å²) >= 11 is 0. The molecule has 1 N–H and O–H groups in total. The molecule has 0 bridgehead atoms. The minimum atomic E-state index is -0.395. The topological polar surface area (TPSA) is 41.9 Å². The highest BCUT2D eigenvalue weighted by atomic mass is 19.1. The number of benzene rings is 3. The zero-order valence-corrected chi connectivity index (χ0v) is 19.7. The van der Waals surface area contributed by atoms with Crippen molar-refractivity contribution in [3.05, 3.63) is 89.2 Å². The van der Waals surface area contributed by atoms with Gasteiger partial charge in [-0.05, 0) is 79.1 Å². The van der Waals surface area contributed by atoms with Crippen molar-refractivity contribution in [2.45, 2.75) is 19.4 Å². The van der Waals surface area contributed by atoms with Gasteiger partial charge in [0.25, 0.3) is 0 Å². The minimum Gasteiger partial charge on any atom is -0.508 e. The van der Waals surface area contributed by atoms with E-state index in [4.69, 9.17) is 9.47 Å². The molecule has 0 amide bonds. The number of rotatable bonds is 7. The number of phenolic OH excluding ortho intramolecular Hbond substituents is 1. The van der Waals surface area contributed by atoms with Gasteiger partial charge in [0.2, 0.25) is 0 Å². The third-order valence-electron chi connectivity index (χ3n) is 6.88. The number of likely N-dealkylation sites (tertiary alicyclic amines) is 1. The number of hydrogen-bond donors (Lipinski definition) is 1. The van der Waals surface area contributed by atoms with E-state index >= 15 is 0 Å². The van der Waals surface area contributed by atoms with Gasteiger partial charge >= 0.3 is 0 Å². The number of halogens is 2. The highest BCUT2D eigenvalue weighted by Crippen LogP contribution is 2.47. The van der Waals surface area contributed by atoms with E-state index in [1.807, 2.05) is 31.2 Å². The molecule has 0 radical (unpaired) electrons. The molecular formula is C29H29F2NO3. The third-order valence-corrected chi connectivity index (χ3v) is 6.88. The van der Waals surface area contributed by atoms with Gasteiger partial charge < -0.3 is 14.6 Å². The minimum absolute atomic E-state index is 0.158. The van der Waals surface area contributed by atoms with E-state index in [-0.39, 0.29) is 24.2 Å². The highest BCUT2D eigenvalue weighted by Gasteiger charge is 2.29. The molecule has 35 heavy (non-hydrogen) atoms. The molecule has 2 atom stereocenters. The molecule has 0 aliphatic carbocycles. The van der Waals surface area contributed by atoms with E-state index in [0.717, 1.165) is 59.6 Å². The van der Waals surface area contributed by atoms with Gasteiger partial charge in [0.05, 0.1) is 6.67 Å². The van der Waals surface area contributed by atoms with Crippen LogP contribution in [0.3, 0.4) is 0 Å². The molecule has 2 unspecified atom stereocenters. The molecule has 3 aromatic rings. The van der Waals surface area contributed by atoms with Crippen LogP contribution < -0.4 is 9.47 Å². The Hall–Kier alpha value is -3.38. The van der Waals surface area contributed by atoms with Crippen LogP contribution in [0, 0.1) is 11.7 Å². The third kappa shape index (κ3) is 5.03. The summed E-state index contributed by atoms with van der Waals surface area (Å²) in [6.45, 7) is 4.80. The molecule has 0 aromatic heterocycles. The molecule has 1 fully saturated rings. The van der Waals surface area contributed by atoms with Crippen LogP contribution in [0.1, 0.15) is 36.1 Å². The van der Waals surface area contributed by atoms with Crippen LogP contribution in [0.4, 0.5) is 8.78 Å². The normalized spacial score (nSPS) is 20.0. The van der Waals surface area contributed by atoms with Crippen molar-refractivity contribution in [2.75, 3.05) is 32.9 Å². The molecule has 1 saturated heterocycles. The van der Waals surface area contributed by atoms with Crippen LogP contribution in [0.15, 0.2) is 66.7 Å². The van der Waals surface area contributed by atoms with Crippen molar-refractivity contribution in [3.8, 4) is 17.2 Å². The molecule has 5 rings (SSSR count). The Bertz CT molecular complexity index is 1210. The lowest BCUT2D eigenvalue weighted by atomic mass is 9.86. The van der Waals surface area contributed by atoms with E-state index in [9.17, 15) is 13.9 Å². The van der Waals surface area contributed by atoms with Gasteiger partial charge in [-0.1, -0.05) is 24.3 Å². The Morgan fingerprint density at radius 2 is 1.83 bits per heavy atom. The fourth-order valence-electron chi connectivity index (χ4n) is 4.95. The maximum Gasteiger partial charge on any atom is 0.150 e. The molecule has 6 heteroatoms. The first kappa shape index (κ1) is 23.4. The molecule has 4 nitrogen and oxygen atoms in total. The Morgan fingerprint density at radius 1 is 1.06 bits per heavy atom. The van der Waals surface area contributed by atoms with Gasteiger partial charge in [0.15, 0.2) is 0 Å². The first-order valence-electron chi connectivity index (χ1n) is 12.0. The molecule has 2 aliphatic rings. The smallest absolute Gasteiger partial charge is 0.150 e. The molecule has 182 valence electrons. The fraction of sp³-hybridized carbons (Fsp3) is 0.310. The Morgan fingerprint density at radius 3 is 2.54 bits per heavy atom. The summed E-state index contributed by atoms with van der Waals surface area (Å²) < 4.78 is 38.8. The van der Waals surface area contributed by atoms with E-state index < -0.39 is 6.10 Å². The second kappa shape index (κ2) is 10.1. The number of hydrogen-bond acceptors (Lipinski definition) is 4. The Balaban J connectivity index is 1.36. The summed E-state index contributed by atoms with van der Waals surface area (Å²) in [4.78, 5) is 2.24. The van der Waals surface area contributed by atoms with Crippen LogP contribution in [0.5, 0.6) is 17.2 Å². The van der Waals surface area contributed by atoms with Crippen LogP contribution in [-0.4, -0.2) is 42.9 Å². The molecule has 2 aliphatic heterocycles. The van der Waals surface area contributed by atoms with Gasteiger partial charge in [-0.2, -0.15) is 0 Å². The summed E-state index contributed by atoms with van der Waals surface area (Å²) in [5.74, 6) is 1.48. The van der Waals surface area contributed by atoms with Crippen LogP contribution in [-0.2, 0) is 0 Å². The van der Waals surface area contributed by atoms with E-state index in [0.29, 0.717) is 12.4 Å². The average molecular weight is 478 g/mol. The van der Waals surface area contributed by atoms with Crippen molar-refractivity contribution in [2.24, 2.45) is 5.92 Å². The second-order valence-corrected chi connectivity index (χ2v) is 9.25. The monoisotopic (exact) mass is 477 g/mol. The molecular weight excluding hydrogens is 448 g/mol. The molecule has 3 aromatic carbocycles. The zero-order chi connectivity index (χ0) is 24.4. The van der Waals surface area contributed by atoms with Crippen molar-refractivity contribution in [1.82, 2.24) is 4.90 Å². The summed E-state index contributed by atoms with van der Waals surface area (Å²) in [7, 11) is 0. The van der Waals surface area contributed by atoms with Crippen molar-refractivity contribution < 1.29 is 23.4 Å². The average Bonchev–Trinajstić information content (AvgIpc) is 3.34. The second-order valence-electron chi connectivity index (χ2n) is 9.25. The number of allylic oxidation sites excluding steroid dienone is 1. The van der Waals surface area contributed by atoms with Gasteiger partial charge in [-0.25, -0.2) is 4.39 Å². The highest BCUT2D eigenvalue weighted by molar-refractivity contribution is 5.95. The number of nitrogens with zero attached hydrogens (tertiary/aromatic N) is 1. The predicted molar refractivity (Wildman–Crippen MR) is 133 cm³/mol. The van der Waals surface area contributed by atoms with Crippen LogP contribution >= 0.6 is 0 Å². The summed E-state index contributed by atoms with van der Waals surface area (Å²) in [5.41, 5.74) is 4.52. The van der Waals surface area contributed by atoms with E-state index in [1.165, 1.54) is 12.1 Å². The standard InChI is InChI=1S/C29H29F2NO3/c1-19-26-16-24(33)8-11-27(26)35-29(28(19)21-2-6-23(31)7-3-21)22-4-9-25(10-5-22)34-15-14-32-13-12-20(17-30)18-32/h2-11,16,20,29,33H,12-15,17-18H2,1H3. The van der Waals surface area contributed by atoms with Crippen molar-refractivity contribution in [1.29, 1.82) is 0 Å². The van der Waals surface area contributed by atoms with Gasteiger partial charge in [0.1, 0.15) is 35.8 Å². The first-order valence-corrected chi connectivity index (χ1v) is 12.0. The van der Waals surface area contributed by atoms with Gasteiger partial charge in [0, 0.05) is 30.1 Å². The lowest BCUT2D eigenvalue weighted by Gasteiger charge is -2.31. The predicted octanol–water partition coefficient (Wildman–Crippen LogP) is 6.27. The largest absolute Gasteiger partial charge is 0.508 e. The lowest BCUT2D eigenvalue weighted by Crippen LogP contribution is -2.26. The summed E-state index contributed by atoms with van der Waals surface area (Å²) in [6.07, 6.45) is 0.521. The fourth-order valence-corrected chi connectivity index (χ4v) is 4.95. The summed E-state index contributed by atoms with van der Waals surface area (Å²) in [5, 5.41) is 10.0. The first-order chi connectivity index (χ1) is 17.0. The van der Waals surface area contributed by atoms with Gasteiger partial charge in [-0.15, -0.1) is 0 Å². The van der Waals surface area contributed by atoms with Crippen LogP contribution in [0.25, 0.3) is 11.1 Å². The van der Waals surface area contributed by atoms with Crippen molar-refractivity contribution in [3.63, 3.8) is 0 Å². The number of phenols is 1. The molecule has 0 spiro atoms. The molecule has 2 heterocycles. The quantitative estimate of drug-likeness (QED) is 0.436. The number of ether oxygens (including phenoxy) is 2. The molecule has 0 saturated carbocycles. The Kier molecular flexibility index (Phi) is 6.73. The van der Waals surface area contributed by atoms with Gasteiger partial charge in [-0.3, -0.25) is 9.29 Å². The SMILES string of the molecule is CC1=C(c2ccc(F)cc2)C(c2ccc(OCCN3CCC(CF)C3)cc2)Oc2ccc(O)cc21. The number of fused-ring (bicyclic) bond motifs is 1. The number of alkyl halides is 1. The number of aromatic hydroxyl groups is 1. The zero-order valence-electron chi connectivity index (χ0n) is 19.7. The van der Waals surface area contributed by atoms with Crippen molar-refractivity contribution >= 4 is 11.1 Å². The summed E-state index contributed by atoms with van der Waals surface area (Å²) in [6, 6.07) is 19.3. The maximum atomic E-state index is 13.6. The Labute approximate surface area is 204 Å². The van der Waals surface area contributed by atoms with E-state index in [2.05, 4.69) is 4.90 Å². The maximum absolute atomic E-state index is 13.6. The van der Waals surface area contributed by atoms with E-state index in [1.54, 1.807) is 30.3 Å². The van der Waals surface area contributed by atoms with Crippen LogP contribution in [0.2, 0.25) is 0 Å².